The van der Waals surface area contributed by atoms with Crippen LogP contribution in [0.1, 0.15) is 41.7 Å². The second-order valence-electron chi connectivity index (χ2n) is 4.21. The van der Waals surface area contributed by atoms with Crippen molar-refractivity contribution in [3.8, 4) is 11.3 Å². The molecule has 0 bridgehead atoms. The first kappa shape index (κ1) is 22.5. The number of carboxylic acid groups (broad SMARTS) is 2. The number of hydrogen-bond acceptors (Lipinski definition) is 7. The van der Waals surface area contributed by atoms with Gasteiger partial charge in [0.1, 0.15) is 5.69 Å². The number of pyridine rings is 1. The maximum absolute atomic E-state index is 12.0. The minimum Gasteiger partial charge on any atom is -0.545 e. The minimum atomic E-state index is -1.77. The molecule has 0 radical (unpaired) electrons. The summed E-state index contributed by atoms with van der Waals surface area (Å²) in [4.78, 5) is 51.9. The number of aromatic nitrogens is 2. The summed E-state index contributed by atoms with van der Waals surface area (Å²) >= 11 is 0. The molecule has 24 heavy (non-hydrogen) atoms. The molecular weight excluding hydrogens is 301 g/mol. The Labute approximate surface area is 170 Å². The number of ketones is 2. The van der Waals surface area contributed by atoms with Gasteiger partial charge in [-0.05, 0) is 17.2 Å². The average Bonchev–Trinajstić information content (AvgIpc) is 2.92. The van der Waals surface area contributed by atoms with Gasteiger partial charge >= 0.3 is 56.6 Å². The van der Waals surface area contributed by atoms with Gasteiger partial charge in [-0.25, -0.2) is 4.98 Å². The number of H-pyrrole nitrogens is 1. The molecule has 0 saturated heterocycles. The van der Waals surface area contributed by atoms with Crippen molar-refractivity contribution in [2.24, 2.45) is 0 Å². The second kappa shape index (κ2) is 8.05. The monoisotopic (exact) mass is 304 g/mol. The molecule has 0 unspecified atom stereocenters. The van der Waals surface area contributed by atoms with E-state index in [0.29, 0.717) is 0 Å². The number of aromatic amines is 1. The minimum absolute atomic E-state index is 0. The molecule has 0 atom stereocenters. The molecule has 0 fully saturated rings. The van der Waals surface area contributed by atoms with Crippen molar-refractivity contribution in [1.82, 2.24) is 9.97 Å². The Morgan fingerprint density at radius 3 is 2.21 bits per heavy atom. The van der Waals surface area contributed by atoms with E-state index < -0.39 is 40.5 Å². The summed E-state index contributed by atoms with van der Waals surface area (Å²) in [5.41, 5.74) is -2.13. The molecular formula is C13H3Li3N2O6. The number of aromatic carboxylic acids is 2. The van der Waals surface area contributed by atoms with E-state index in [0.717, 1.165) is 6.07 Å². The first-order chi connectivity index (χ1) is 9.91. The molecule has 1 aliphatic rings. The molecule has 0 saturated carbocycles. The maximum Gasteiger partial charge on any atom is 1.00 e. The standard InChI is InChI=1S/C13H5N2O6.3Li/c16-10-4-1-2-14-8(4)7-5(12(18)19)3-6(13(20)21)15-9(7)11(10)17;;;/h1,3,14H,(H,18,19)(H,20,21);;;/q-1;3*+1/p-2. The third kappa shape index (κ3) is 3.31. The molecule has 1 N–H and O–H groups in total. The smallest absolute Gasteiger partial charge is 0.545 e. The Bertz CT molecular complexity index is 861. The number of carboxylic acids is 2. The summed E-state index contributed by atoms with van der Waals surface area (Å²) in [6, 6.07) is 1.92. The van der Waals surface area contributed by atoms with Crippen LogP contribution in [0.2, 0.25) is 0 Å². The van der Waals surface area contributed by atoms with Gasteiger partial charge in [0.15, 0.2) is 5.78 Å². The van der Waals surface area contributed by atoms with Crippen LogP contribution in [-0.4, -0.2) is 33.5 Å². The SMILES string of the molecule is O=C([O-])c1cc(C(=O)[O-])c2c(n1)C(=O)C(=O)c1c[c-][nH]c1-2.[Li+].[Li+].[Li+]. The van der Waals surface area contributed by atoms with Gasteiger partial charge in [-0.2, -0.15) is 6.07 Å². The zero-order valence-corrected chi connectivity index (χ0v) is 13.1. The molecule has 0 aromatic carbocycles. The van der Waals surface area contributed by atoms with Crippen molar-refractivity contribution in [2.45, 2.75) is 0 Å². The normalized spacial score (nSPS) is 11.2. The first-order valence-electron chi connectivity index (χ1n) is 5.58. The van der Waals surface area contributed by atoms with Gasteiger partial charge in [-0.15, -0.1) is 11.8 Å². The fourth-order valence-electron chi connectivity index (χ4n) is 2.15. The average molecular weight is 304 g/mol. The van der Waals surface area contributed by atoms with Gasteiger partial charge in [0, 0.05) is 0 Å². The van der Waals surface area contributed by atoms with Crippen molar-refractivity contribution in [3.05, 3.63) is 40.8 Å². The molecule has 2 heterocycles. The third-order valence-corrected chi connectivity index (χ3v) is 3.05. The van der Waals surface area contributed by atoms with Crippen molar-refractivity contribution >= 4 is 23.5 Å². The van der Waals surface area contributed by atoms with Crippen LogP contribution in [-0.2, 0) is 0 Å². The Hall–Kier alpha value is -1.50. The molecule has 0 amide bonds. The molecule has 0 aliphatic heterocycles. The molecule has 0 spiro atoms. The van der Waals surface area contributed by atoms with Crippen LogP contribution in [0, 0.1) is 6.20 Å². The quantitative estimate of drug-likeness (QED) is 0.329. The first-order valence-corrected chi connectivity index (χ1v) is 5.58. The zero-order chi connectivity index (χ0) is 15.3. The molecule has 104 valence electrons. The summed E-state index contributed by atoms with van der Waals surface area (Å²) in [6.45, 7) is 0. The van der Waals surface area contributed by atoms with Crippen molar-refractivity contribution in [1.29, 1.82) is 0 Å². The Balaban J connectivity index is 0.00000176. The summed E-state index contributed by atoms with van der Waals surface area (Å²) < 4.78 is 0. The number of carbonyl (C=O) groups is 4. The molecule has 3 rings (SSSR count). The van der Waals surface area contributed by atoms with E-state index in [1.165, 1.54) is 6.07 Å². The van der Waals surface area contributed by atoms with Gasteiger partial charge in [-0.3, -0.25) is 4.79 Å². The van der Waals surface area contributed by atoms with Crippen molar-refractivity contribution in [3.63, 3.8) is 0 Å². The predicted molar refractivity (Wildman–Crippen MR) is 60.2 cm³/mol. The summed E-state index contributed by atoms with van der Waals surface area (Å²) in [5.74, 6) is -5.51. The third-order valence-electron chi connectivity index (χ3n) is 3.05. The van der Waals surface area contributed by atoms with Crippen LogP contribution in [0.15, 0.2) is 12.1 Å². The predicted octanol–water partition coefficient (Wildman–Crippen LogP) is -11.0. The number of rotatable bonds is 2. The van der Waals surface area contributed by atoms with Crippen LogP contribution in [0.3, 0.4) is 0 Å². The van der Waals surface area contributed by atoms with Gasteiger partial charge < -0.3 is 29.6 Å². The van der Waals surface area contributed by atoms with E-state index >= 15 is 0 Å². The van der Waals surface area contributed by atoms with Gasteiger partial charge in [0.05, 0.1) is 17.6 Å². The Morgan fingerprint density at radius 2 is 1.67 bits per heavy atom. The van der Waals surface area contributed by atoms with Crippen LogP contribution in [0.4, 0.5) is 0 Å². The number of fused-ring (bicyclic) bond motifs is 3. The van der Waals surface area contributed by atoms with E-state index in [1.54, 1.807) is 0 Å². The number of nitrogens with one attached hydrogen (secondary N) is 1. The van der Waals surface area contributed by atoms with Crippen LogP contribution >= 0.6 is 0 Å². The number of carbonyl (C=O) groups excluding carboxylic acids is 4. The fourth-order valence-corrected chi connectivity index (χ4v) is 2.15. The molecule has 2 aromatic rings. The topological polar surface area (TPSA) is 143 Å². The van der Waals surface area contributed by atoms with E-state index in [9.17, 15) is 29.4 Å². The van der Waals surface area contributed by atoms with E-state index in [1.807, 2.05) is 0 Å². The second-order valence-corrected chi connectivity index (χ2v) is 4.21. The van der Waals surface area contributed by atoms with Gasteiger partial charge in [0.2, 0.25) is 5.78 Å². The van der Waals surface area contributed by atoms with E-state index in [4.69, 9.17) is 0 Å². The number of hydrogen-bond donors (Lipinski definition) is 1. The van der Waals surface area contributed by atoms with Crippen LogP contribution in [0.25, 0.3) is 11.3 Å². The van der Waals surface area contributed by atoms with E-state index in [2.05, 4.69) is 16.2 Å². The number of nitrogens with zero attached hydrogens (tertiary/aromatic N) is 1. The van der Waals surface area contributed by atoms with Crippen molar-refractivity contribution in [2.75, 3.05) is 0 Å². The Kier molecular flexibility index (Phi) is 7.55. The van der Waals surface area contributed by atoms with Gasteiger partial charge in [0.25, 0.3) is 0 Å². The largest absolute Gasteiger partial charge is 1.00 e. The zero-order valence-electron chi connectivity index (χ0n) is 13.1. The molecule has 1 aliphatic carbocycles. The van der Waals surface area contributed by atoms with Crippen LogP contribution in [0.5, 0.6) is 0 Å². The fraction of sp³-hybridized carbons (Fsp3) is 0. The molecule has 2 aromatic heterocycles. The van der Waals surface area contributed by atoms with Gasteiger partial charge in [-0.1, -0.05) is 5.69 Å². The summed E-state index contributed by atoms with van der Waals surface area (Å²) in [7, 11) is 0. The molecule has 8 nitrogen and oxygen atoms in total. The summed E-state index contributed by atoms with van der Waals surface area (Å²) in [5, 5.41) is 22.0. The molecule has 11 heteroatoms. The van der Waals surface area contributed by atoms with E-state index in [-0.39, 0.29) is 73.4 Å². The van der Waals surface area contributed by atoms with Crippen LogP contribution < -0.4 is 66.8 Å². The number of Topliss-reactive ketones (excluding diaryl/α,β-unsaturated/α-hetero) is 2. The Morgan fingerprint density at radius 1 is 1.04 bits per heavy atom. The maximum atomic E-state index is 12.0. The summed E-state index contributed by atoms with van der Waals surface area (Å²) in [6.07, 6.45) is 2.47. The van der Waals surface area contributed by atoms with Crippen molar-refractivity contribution < 1.29 is 86.0 Å².